The van der Waals surface area contributed by atoms with E-state index in [0.717, 1.165) is 17.9 Å². The first-order valence-electron chi connectivity index (χ1n) is 8.22. The van der Waals surface area contributed by atoms with Crippen molar-refractivity contribution in [1.82, 2.24) is 5.06 Å². The van der Waals surface area contributed by atoms with E-state index in [2.05, 4.69) is 12.1 Å². The van der Waals surface area contributed by atoms with E-state index in [4.69, 9.17) is 9.57 Å². The van der Waals surface area contributed by atoms with Crippen molar-refractivity contribution in [2.45, 2.75) is 51.5 Å². The van der Waals surface area contributed by atoms with Gasteiger partial charge in [0.05, 0.1) is 6.04 Å². The summed E-state index contributed by atoms with van der Waals surface area (Å²) in [6.45, 7) is 6.47. The van der Waals surface area contributed by atoms with Crippen molar-refractivity contribution in [2.24, 2.45) is 5.92 Å². The second-order valence-electron chi connectivity index (χ2n) is 7.19. The molecular formula is C18H25NO3S. The monoisotopic (exact) mass is 335 g/mol. The van der Waals surface area contributed by atoms with E-state index in [9.17, 15) is 4.79 Å². The second-order valence-corrected chi connectivity index (χ2v) is 8.34. The number of rotatable bonds is 3. The van der Waals surface area contributed by atoms with Gasteiger partial charge < -0.3 is 4.74 Å². The van der Waals surface area contributed by atoms with Gasteiger partial charge in [-0.2, -0.15) is 16.8 Å². The first-order valence-corrected chi connectivity index (χ1v) is 9.37. The van der Waals surface area contributed by atoms with Gasteiger partial charge in [0.15, 0.2) is 0 Å². The number of fused-ring (bicyclic) bond motifs is 2. The summed E-state index contributed by atoms with van der Waals surface area (Å²) >= 11 is 1.87. The standard InChI is InChI=1S/C18H25NO3S/c1-18(2,3)21-17(20)16-14-9-10-23-12-15(16)22-19(14)11-13-7-5-4-6-8-13/h4-8,14-16H,9-12H2,1-3H3. The van der Waals surface area contributed by atoms with Crippen LogP contribution in [0.5, 0.6) is 0 Å². The summed E-state index contributed by atoms with van der Waals surface area (Å²) in [4.78, 5) is 18.8. The fourth-order valence-corrected chi connectivity index (χ4v) is 4.28. The molecular weight excluding hydrogens is 310 g/mol. The molecule has 2 fully saturated rings. The summed E-state index contributed by atoms with van der Waals surface area (Å²) in [5.41, 5.74) is 0.745. The molecule has 3 unspecified atom stereocenters. The highest BCUT2D eigenvalue weighted by molar-refractivity contribution is 7.99. The van der Waals surface area contributed by atoms with Gasteiger partial charge in [-0.1, -0.05) is 30.3 Å². The van der Waals surface area contributed by atoms with E-state index in [-0.39, 0.29) is 24.0 Å². The summed E-state index contributed by atoms with van der Waals surface area (Å²) in [7, 11) is 0. The predicted molar refractivity (Wildman–Crippen MR) is 91.9 cm³/mol. The van der Waals surface area contributed by atoms with Crippen LogP contribution < -0.4 is 0 Å². The van der Waals surface area contributed by atoms with Gasteiger partial charge in [0.1, 0.15) is 17.6 Å². The highest BCUT2D eigenvalue weighted by Crippen LogP contribution is 2.38. The zero-order chi connectivity index (χ0) is 16.4. The maximum atomic E-state index is 12.7. The van der Waals surface area contributed by atoms with E-state index in [1.807, 2.05) is 55.8 Å². The molecule has 4 nitrogen and oxygen atoms in total. The molecule has 0 radical (unpaired) electrons. The number of hydrogen-bond donors (Lipinski definition) is 0. The van der Waals surface area contributed by atoms with Gasteiger partial charge in [-0.15, -0.1) is 0 Å². The number of hydrogen-bond acceptors (Lipinski definition) is 5. The average molecular weight is 335 g/mol. The van der Waals surface area contributed by atoms with Crippen molar-refractivity contribution in [3.05, 3.63) is 35.9 Å². The van der Waals surface area contributed by atoms with Crippen LogP contribution in [0.15, 0.2) is 30.3 Å². The molecule has 0 aromatic heterocycles. The summed E-state index contributed by atoms with van der Waals surface area (Å²) in [5, 5.41) is 2.01. The molecule has 0 amide bonds. The van der Waals surface area contributed by atoms with Crippen LogP contribution in [0.1, 0.15) is 32.8 Å². The van der Waals surface area contributed by atoms with Gasteiger partial charge in [-0.3, -0.25) is 9.63 Å². The molecule has 1 aromatic rings. The smallest absolute Gasteiger partial charge is 0.313 e. The minimum Gasteiger partial charge on any atom is -0.460 e. The lowest BCUT2D eigenvalue weighted by Gasteiger charge is -2.27. The van der Waals surface area contributed by atoms with Gasteiger partial charge >= 0.3 is 5.97 Å². The van der Waals surface area contributed by atoms with Crippen molar-refractivity contribution >= 4 is 17.7 Å². The molecule has 0 saturated carbocycles. The fourth-order valence-electron chi connectivity index (χ4n) is 3.20. The zero-order valence-electron chi connectivity index (χ0n) is 14.0. The molecule has 0 aliphatic carbocycles. The molecule has 0 spiro atoms. The van der Waals surface area contributed by atoms with Crippen molar-refractivity contribution < 1.29 is 14.4 Å². The number of carbonyl (C=O) groups excluding carboxylic acids is 1. The molecule has 23 heavy (non-hydrogen) atoms. The van der Waals surface area contributed by atoms with Crippen LogP contribution in [0.3, 0.4) is 0 Å². The third kappa shape index (κ3) is 4.08. The minimum atomic E-state index is -0.458. The number of benzene rings is 1. The topological polar surface area (TPSA) is 38.8 Å². The molecule has 2 saturated heterocycles. The molecule has 1 aromatic carbocycles. The summed E-state index contributed by atoms with van der Waals surface area (Å²) in [6, 6.07) is 10.4. The quantitative estimate of drug-likeness (QED) is 0.793. The Morgan fingerprint density at radius 3 is 2.78 bits per heavy atom. The number of nitrogens with zero attached hydrogens (tertiary/aromatic N) is 1. The Hall–Kier alpha value is -1.04. The van der Waals surface area contributed by atoms with E-state index >= 15 is 0 Å². The van der Waals surface area contributed by atoms with Gasteiger partial charge in [-0.25, -0.2) is 0 Å². The lowest BCUT2D eigenvalue weighted by molar-refractivity contribution is -0.167. The Morgan fingerprint density at radius 2 is 2.09 bits per heavy atom. The van der Waals surface area contributed by atoms with Crippen LogP contribution in [0.4, 0.5) is 0 Å². The lowest BCUT2D eigenvalue weighted by atomic mass is 9.93. The minimum absolute atomic E-state index is 0.0777. The predicted octanol–water partition coefficient (Wildman–Crippen LogP) is 3.27. The molecule has 126 valence electrons. The second kappa shape index (κ2) is 6.83. The van der Waals surface area contributed by atoms with E-state index in [1.165, 1.54) is 5.56 Å². The third-order valence-corrected chi connectivity index (χ3v) is 5.24. The maximum absolute atomic E-state index is 12.7. The fraction of sp³-hybridized carbons (Fsp3) is 0.611. The summed E-state index contributed by atoms with van der Waals surface area (Å²) in [5.74, 6) is 1.61. The van der Waals surface area contributed by atoms with Crippen LogP contribution in [0.25, 0.3) is 0 Å². The highest BCUT2D eigenvalue weighted by atomic mass is 32.2. The molecule has 2 aliphatic rings. The highest BCUT2D eigenvalue weighted by Gasteiger charge is 2.49. The molecule has 2 heterocycles. The first-order chi connectivity index (χ1) is 10.9. The normalized spacial score (nSPS) is 28.4. The lowest BCUT2D eigenvalue weighted by Crippen LogP contribution is -2.39. The van der Waals surface area contributed by atoms with Crippen molar-refractivity contribution in [1.29, 1.82) is 0 Å². The molecule has 3 rings (SSSR count). The van der Waals surface area contributed by atoms with Crippen molar-refractivity contribution in [2.75, 3.05) is 11.5 Å². The number of esters is 1. The van der Waals surface area contributed by atoms with E-state index in [0.29, 0.717) is 6.54 Å². The number of hydroxylamine groups is 2. The van der Waals surface area contributed by atoms with Crippen LogP contribution in [0.2, 0.25) is 0 Å². The number of ether oxygens (including phenoxy) is 1. The number of carbonyl (C=O) groups is 1. The van der Waals surface area contributed by atoms with Crippen LogP contribution in [-0.2, 0) is 20.9 Å². The zero-order valence-corrected chi connectivity index (χ0v) is 14.8. The third-order valence-electron chi connectivity index (χ3n) is 4.16. The molecule has 5 heteroatoms. The summed E-state index contributed by atoms with van der Waals surface area (Å²) < 4.78 is 5.66. The Labute approximate surface area is 142 Å². The Morgan fingerprint density at radius 1 is 1.35 bits per heavy atom. The molecule has 0 N–H and O–H groups in total. The SMILES string of the molecule is CC(C)(C)OC(=O)C1C2CSCCC1N(Cc1ccccc1)O2. The van der Waals surface area contributed by atoms with Crippen molar-refractivity contribution in [3.63, 3.8) is 0 Å². The molecule has 2 aliphatic heterocycles. The van der Waals surface area contributed by atoms with E-state index < -0.39 is 5.60 Å². The van der Waals surface area contributed by atoms with E-state index in [1.54, 1.807) is 0 Å². The maximum Gasteiger partial charge on any atom is 0.313 e. The Balaban J connectivity index is 1.76. The van der Waals surface area contributed by atoms with Gasteiger partial charge in [0.25, 0.3) is 0 Å². The number of thioether (sulfide) groups is 1. The Bertz CT molecular complexity index is 543. The van der Waals surface area contributed by atoms with Crippen LogP contribution >= 0.6 is 11.8 Å². The molecule has 3 atom stereocenters. The first kappa shape index (κ1) is 16.8. The summed E-state index contributed by atoms with van der Waals surface area (Å²) in [6.07, 6.45) is 0.879. The van der Waals surface area contributed by atoms with Crippen LogP contribution in [0, 0.1) is 5.92 Å². The van der Waals surface area contributed by atoms with Gasteiger partial charge in [0, 0.05) is 12.3 Å². The van der Waals surface area contributed by atoms with Crippen LogP contribution in [-0.4, -0.2) is 40.3 Å². The average Bonchev–Trinajstić information content (AvgIpc) is 2.65. The molecule has 2 bridgehead atoms. The Kier molecular flexibility index (Phi) is 4.99. The van der Waals surface area contributed by atoms with Crippen molar-refractivity contribution in [3.8, 4) is 0 Å². The largest absolute Gasteiger partial charge is 0.460 e. The van der Waals surface area contributed by atoms with Gasteiger partial charge in [-0.05, 0) is 38.5 Å². The van der Waals surface area contributed by atoms with Gasteiger partial charge in [0.2, 0.25) is 0 Å².